The highest BCUT2D eigenvalue weighted by Gasteiger charge is 2.20. The summed E-state index contributed by atoms with van der Waals surface area (Å²) in [6.45, 7) is 8.35. The molecule has 7 nitrogen and oxygen atoms in total. The molecular weight excluding hydrogens is 430 g/mol. The summed E-state index contributed by atoms with van der Waals surface area (Å²) in [5.41, 5.74) is 3.74. The van der Waals surface area contributed by atoms with Crippen LogP contribution in [0.1, 0.15) is 36.7 Å². The van der Waals surface area contributed by atoms with Crippen molar-refractivity contribution >= 4 is 17.4 Å². The number of hydrogen-bond acceptors (Lipinski definition) is 6. The molecule has 34 heavy (non-hydrogen) atoms. The number of nitrogens with zero attached hydrogens (tertiary/aromatic N) is 2. The molecule has 0 bridgehead atoms. The Morgan fingerprint density at radius 1 is 0.941 bits per heavy atom. The van der Waals surface area contributed by atoms with Gasteiger partial charge >= 0.3 is 5.97 Å². The summed E-state index contributed by atoms with van der Waals surface area (Å²) < 4.78 is 18.2. The van der Waals surface area contributed by atoms with Crippen molar-refractivity contribution in [1.82, 2.24) is 9.38 Å². The number of hydrogen-bond donors (Lipinski definition) is 1. The quantitative estimate of drug-likeness (QED) is 0.292. The zero-order valence-electron chi connectivity index (χ0n) is 20.3. The molecule has 0 aliphatic carbocycles. The molecule has 0 saturated heterocycles. The Hall–Kier alpha value is -4.00. The molecule has 0 atom stereocenters. The van der Waals surface area contributed by atoms with Gasteiger partial charge in [0, 0.05) is 23.4 Å². The number of methoxy groups -OCH3 is 2. The summed E-state index contributed by atoms with van der Waals surface area (Å²) in [5, 5.41) is 3.57. The smallest absolute Gasteiger partial charge is 0.343 e. The van der Waals surface area contributed by atoms with E-state index in [2.05, 4.69) is 26.1 Å². The number of ether oxygens (including phenoxy) is 3. The topological polar surface area (TPSA) is 74.1 Å². The molecule has 2 aromatic carbocycles. The van der Waals surface area contributed by atoms with Gasteiger partial charge in [-0.1, -0.05) is 12.1 Å². The Kier molecular flexibility index (Phi) is 6.20. The highest BCUT2D eigenvalue weighted by molar-refractivity contribution is 5.92. The van der Waals surface area contributed by atoms with Crippen molar-refractivity contribution in [1.29, 1.82) is 0 Å². The summed E-state index contributed by atoms with van der Waals surface area (Å²) >= 11 is 0. The lowest BCUT2D eigenvalue weighted by atomic mass is 10.1. The Bertz CT molecular complexity index is 1330. The Morgan fingerprint density at radius 3 is 2.29 bits per heavy atom. The van der Waals surface area contributed by atoms with E-state index in [0.29, 0.717) is 22.8 Å². The Balaban J connectivity index is 1.71. The number of anilines is 1. The first kappa shape index (κ1) is 23.2. The first-order valence-corrected chi connectivity index (χ1v) is 11.0. The Labute approximate surface area is 199 Å². The second kappa shape index (κ2) is 9.09. The number of fused-ring (bicyclic) bond motifs is 1. The maximum absolute atomic E-state index is 12.9. The van der Waals surface area contributed by atoms with Gasteiger partial charge in [0.25, 0.3) is 0 Å². The minimum Gasteiger partial charge on any atom is -0.497 e. The highest BCUT2D eigenvalue weighted by Crippen LogP contribution is 2.33. The number of imidazole rings is 1. The SMILES string of the molecule is COc1cc(OC)cc(C(=O)Oc2cccc(-c3nc4cc(C)ccn4c3NC(C)(C)C)c2)c1. The van der Waals surface area contributed by atoms with Crippen LogP contribution < -0.4 is 19.5 Å². The van der Waals surface area contributed by atoms with E-state index >= 15 is 0 Å². The number of pyridine rings is 1. The fourth-order valence-electron chi connectivity index (χ4n) is 3.62. The van der Waals surface area contributed by atoms with Crippen LogP contribution in [0, 0.1) is 6.92 Å². The lowest BCUT2D eigenvalue weighted by Crippen LogP contribution is -2.27. The fraction of sp³-hybridized carbons (Fsp3) is 0.259. The van der Waals surface area contributed by atoms with Crippen LogP contribution in [0.15, 0.2) is 60.8 Å². The third kappa shape index (κ3) is 4.98. The van der Waals surface area contributed by atoms with E-state index in [1.807, 2.05) is 47.9 Å². The van der Waals surface area contributed by atoms with E-state index in [1.165, 1.54) is 14.2 Å². The molecule has 2 heterocycles. The van der Waals surface area contributed by atoms with Gasteiger partial charge < -0.3 is 19.5 Å². The van der Waals surface area contributed by atoms with Crippen molar-refractivity contribution in [2.75, 3.05) is 19.5 Å². The van der Waals surface area contributed by atoms with Gasteiger partial charge in [-0.3, -0.25) is 4.40 Å². The van der Waals surface area contributed by atoms with Gasteiger partial charge in [0.15, 0.2) is 0 Å². The van der Waals surface area contributed by atoms with Crippen LogP contribution in [0.3, 0.4) is 0 Å². The fourth-order valence-corrected chi connectivity index (χ4v) is 3.62. The zero-order chi connectivity index (χ0) is 24.5. The predicted molar refractivity (Wildman–Crippen MR) is 133 cm³/mol. The molecule has 0 amide bonds. The molecule has 0 aliphatic heterocycles. The van der Waals surface area contributed by atoms with Crippen molar-refractivity contribution < 1.29 is 19.0 Å². The van der Waals surface area contributed by atoms with Gasteiger partial charge in [0.1, 0.15) is 34.4 Å². The largest absolute Gasteiger partial charge is 0.497 e. The summed E-state index contributed by atoms with van der Waals surface area (Å²) in [6, 6.07) is 16.4. The maximum Gasteiger partial charge on any atom is 0.343 e. The van der Waals surface area contributed by atoms with Crippen molar-refractivity contribution in [2.24, 2.45) is 0 Å². The van der Waals surface area contributed by atoms with Crippen molar-refractivity contribution in [3.63, 3.8) is 0 Å². The number of aromatic nitrogens is 2. The molecule has 2 aromatic heterocycles. The monoisotopic (exact) mass is 459 g/mol. The van der Waals surface area contributed by atoms with Crippen LogP contribution in [0.5, 0.6) is 17.2 Å². The Morgan fingerprint density at radius 2 is 1.65 bits per heavy atom. The van der Waals surface area contributed by atoms with Crippen LogP contribution >= 0.6 is 0 Å². The molecule has 0 saturated carbocycles. The van der Waals surface area contributed by atoms with E-state index in [0.717, 1.165) is 28.3 Å². The van der Waals surface area contributed by atoms with Gasteiger partial charge in [-0.05, 0) is 69.7 Å². The number of benzene rings is 2. The van der Waals surface area contributed by atoms with Crippen LogP contribution in [-0.4, -0.2) is 35.1 Å². The van der Waals surface area contributed by atoms with Crippen LogP contribution in [-0.2, 0) is 0 Å². The molecule has 0 fully saturated rings. The van der Waals surface area contributed by atoms with Gasteiger partial charge in [-0.25, -0.2) is 9.78 Å². The van der Waals surface area contributed by atoms with Gasteiger partial charge in [-0.2, -0.15) is 0 Å². The van der Waals surface area contributed by atoms with E-state index < -0.39 is 5.97 Å². The number of rotatable bonds is 6. The number of carbonyl (C=O) groups is 1. The first-order valence-electron chi connectivity index (χ1n) is 11.0. The van der Waals surface area contributed by atoms with Gasteiger partial charge in [-0.15, -0.1) is 0 Å². The molecule has 0 spiro atoms. The molecule has 0 radical (unpaired) electrons. The predicted octanol–water partition coefficient (Wildman–Crippen LogP) is 5.76. The molecule has 1 N–H and O–H groups in total. The van der Waals surface area contributed by atoms with E-state index in [1.54, 1.807) is 24.3 Å². The summed E-state index contributed by atoms with van der Waals surface area (Å²) in [5.74, 6) is 1.81. The maximum atomic E-state index is 12.9. The minimum absolute atomic E-state index is 0.175. The summed E-state index contributed by atoms with van der Waals surface area (Å²) in [7, 11) is 3.07. The van der Waals surface area contributed by atoms with Crippen molar-refractivity contribution in [3.8, 4) is 28.5 Å². The van der Waals surface area contributed by atoms with Gasteiger partial charge in [0.05, 0.1) is 19.8 Å². The molecule has 0 unspecified atom stereocenters. The third-order valence-corrected chi connectivity index (χ3v) is 5.18. The average Bonchev–Trinajstić information content (AvgIpc) is 3.14. The second-order valence-corrected chi connectivity index (χ2v) is 9.14. The normalized spacial score (nSPS) is 11.4. The summed E-state index contributed by atoms with van der Waals surface area (Å²) in [6.07, 6.45) is 2.01. The van der Waals surface area contributed by atoms with Crippen LogP contribution in [0.4, 0.5) is 5.82 Å². The summed E-state index contributed by atoms with van der Waals surface area (Å²) in [4.78, 5) is 17.7. The molecule has 7 heteroatoms. The van der Waals surface area contributed by atoms with Crippen molar-refractivity contribution in [3.05, 3.63) is 71.9 Å². The third-order valence-electron chi connectivity index (χ3n) is 5.18. The minimum atomic E-state index is -0.506. The zero-order valence-corrected chi connectivity index (χ0v) is 20.3. The molecular formula is C27H29N3O4. The number of aryl methyl sites for hydroxylation is 1. The van der Waals surface area contributed by atoms with E-state index in [9.17, 15) is 4.79 Å². The number of esters is 1. The van der Waals surface area contributed by atoms with Gasteiger partial charge in [0.2, 0.25) is 0 Å². The standard InChI is InChI=1S/C27H29N3O4/c1-17-10-11-30-23(12-17)28-24(25(30)29-27(2,3)4)18-8-7-9-20(13-18)34-26(31)19-14-21(32-5)16-22(15-19)33-6/h7-16,29H,1-6H3. The van der Waals surface area contributed by atoms with Crippen molar-refractivity contribution in [2.45, 2.75) is 33.2 Å². The number of carbonyl (C=O) groups excluding carboxylic acids is 1. The average molecular weight is 460 g/mol. The van der Waals surface area contributed by atoms with E-state index in [4.69, 9.17) is 19.2 Å². The molecule has 0 aliphatic rings. The molecule has 4 rings (SSSR count). The molecule has 4 aromatic rings. The van der Waals surface area contributed by atoms with Crippen LogP contribution in [0.25, 0.3) is 16.9 Å². The lowest BCUT2D eigenvalue weighted by molar-refractivity contribution is 0.0734. The molecule has 176 valence electrons. The lowest BCUT2D eigenvalue weighted by Gasteiger charge is -2.22. The van der Waals surface area contributed by atoms with E-state index in [-0.39, 0.29) is 5.54 Å². The second-order valence-electron chi connectivity index (χ2n) is 9.14. The van der Waals surface area contributed by atoms with Crippen LogP contribution in [0.2, 0.25) is 0 Å². The highest BCUT2D eigenvalue weighted by atomic mass is 16.5. The number of nitrogens with one attached hydrogen (secondary N) is 1. The first-order chi connectivity index (χ1) is 16.2.